The lowest BCUT2D eigenvalue weighted by Crippen LogP contribution is -2.56. The minimum atomic E-state index is -1.84. The van der Waals surface area contributed by atoms with E-state index in [1.807, 2.05) is 0 Å². The molecule has 2 atom stereocenters. The van der Waals surface area contributed by atoms with Crippen molar-refractivity contribution in [2.45, 2.75) is 25.2 Å². The maximum atomic E-state index is 14.1. The van der Waals surface area contributed by atoms with E-state index in [1.54, 1.807) is 50.4 Å². The maximum absolute atomic E-state index is 14.1. The van der Waals surface area contributed by atoms with Gasteiger partial charge in [-0.3, -0.25) is 24.5 Å². The van der Waals surface area contributed by atoms with Crippen LogP contribution in [0.1, 0.15) is 24.5 Å². The fourth-order valence-electron chi connectivity index (χ4n) is 4.83. The van der Waals surface area contributed by atoms with Crippen molar-refractivity contribution in [3.63, 3.8) is 0 Å². The smallest absolute Gasteiger partial charge is 0.311 e. The highest BCUT2D eigenvalue weighted by atomic mass is 35.5. The highest BCUT2D eigenvalue weighted by molar-refractivity contribution is 6.37. The van der Waals surface area contributed by atoms with Crippen LogP contribution in [0.3, 0.4) is 0 Å². The second-order valence-corrected chi connectivity index (χ2v) is 8.43. The topological polar surface area (TPSA) is 107 Å². The van der Waals surface area contributed by atoms with Gasteiger partial charge in [-0.2, -0.15) is 0 Å². The zero-order valence-electron chi connectivity index (χ0n) is 18.0. The third kappa shape index (κ3) is 3.33. The summed E-state index contributed by atoms with van der Waals surface area (Å²) in [6.45, 7) is 1.72. The van der Waals surface area contributed by atoms with Crippen molar-refractivity contribution >= 4 is 40.6 Å². The van der Waals surface area contributed by atoms with Crippen LogP contribution in [-0.2, 0) is 31.0 Å². The third-order valence-corrected chi connectivity index (χ3v) is 6.71. The maximum Gasteiger partial charge on any atom is 0.311 e. The molecule has 2 aliphatic rings. The minimum absolute atomic E-state index is 0.0790. The molecule has 0 fully saturated rings. The van der Waals surface area contributed by atoms with Crippen LogP contribution < -0.4 is 4.90 Å². The van der Waals surface area contributed by atoms with Gasteiger partial charge in [-0.1, -0.05) is 48.0 Å². The number of likely N-dealkylation sites (N-methyl/N-ethyl adjacent to an activating group) is 1. The number of Topliss-reactive ketones (excluding diaryl/α,β-unsaturated/α-hetero) is 1. The molecular weight excluding hydrogens is 448 g/mol. The number of carbonyl (C=O) groups excluding carboxylic acids is 3. The largest absolute Gasteiger partial charge is 0.466 e. The first-order chi connectivity index (χ1) is 15.7. The highest BCUT2D eigenvalue weighted by Crippen LogP contribution is 2.53. The van der Waals surface area contributed by atoms with Crippen LogP contribution in [0.2, 0.25) is 0 Å². The van der Waals surface area contributed by atoms with E-state index >= 15 is 0 Å². The molecule has 2 unspecified atom stereocenters. The van der Waals surface area contributed by atoms with Gasteiger partial charge >= 0.3 is 5.97 Å². The van der Waals surface area contributed by atoms with E-state index in [1.165, 1.54) is 17.0 Å². The number of halogens is 1. The number of benzene rings is 2. The molecule has 0 saturated heterocycles. The van der Waals surface area contributed by atoms with Crippen molar-refractivity contribution in [1.29, 1.82) is 0 Å². The Morgan fingerprint density at radius 2 is 1.88 bits per heavy atom. The molecule has 9 heteroatoms. The first-order valence-electron chi connectivity index (χ1n) is 10.4. The molecule has 1 aliphatic heterocycles. The second kappa shape index (κ2) is 8.44. The molecule has 4 rings (SSSR count). The van der Waals surface area contributed by atoms with Crippen molar-refractivity contribution in [2.24, 2.45) is 5.92 Å². The Morgan fingerprint density at radius 1 is 1.21 bits per heavy atom. The normalized spacial score (nSPS) is 22.0. The number of allylic oxidation sites excluding steroid dienone is 2. The zero-order chi connectivity index (χ0) is 23.9. The summed E-state index contributed by atoms with van der Waals surface area (Å²) in [5.74, 6) is -3.01. The lowest BCUT2D eigenvalue weighted by atomic mass is 9.61. The van der Waals surface area contributed by atoms with Gasteiger partial charge in [-0.15, -0.1) is 0 Å². The Bertz CT molecular complexity index is 1220. The lowest BCUT2D eigenvalue weighted by molar-refractivity contribution is -0.385. The van der Waals surface area contributed by atoms with Crippen molar-refractivity contribution in [3.8, 4) is 0 Å². The number of ether oxygens (including phenoxy) is 1. The van der Waals surface area contributed by atoms with E-state index in [0.717, 1.165) is 0 Å². The van der Waals surface area contributed by atoms with Gasteiger partial charge in [0.15, 0.2) is 11.2 Å². The molecule has 1 amide bonds. The first kappa shape index (κ1) is 22.7. The number of hydrogen-bond acceptors (Lipinski definition) is 6. The third-order valence-electron chi connectivity index (χ3n) is 6.32. The molecule has 1 aliphatic carbocycles. The summed E-state index contributed by atoms with van der Waals surface area (Å²) in [5.41, 5.74) is -0.683. The van der Waals surface area contributed by atoms with E-state index in [-0.39, 0.29) is 35.7 Å². The highest BCUT2D eigenvalue weighted by Gasteiger charge is 2.64. The monoisotopic (exact) mass is 468 g/mol. The van der Waals surface area contributed by atoms with Crippen LogP contribution in [0.25, 0.3) is 0 Å². The quantitative estimate of drug-likeness (QED) is 0.286. The van der Waals surface area contributed by atoms with E-state index in [4.69, 9.17) is 16.3 Å². The van der Waals surface area contributed by atoms with Gasteiger partial charge < -0.3 is 9.64 Å². The molecule has 2 aromatic carbocycles. The van der Waals surface area contributed by atoms with Gasteiger partial charge in [0.2, 0.25) is 5.91 Å². The second-order valence-electron chi connectivity index (χ2n) is 7.97. The lowest BCUT2D eigenvalue weighted by Gasteiger charge is -2.38. The Hall–Kier alpha value is -3.52. The summed E-state index contributed by atoms with van der Waals surface area (Å²) in [4.78, 5) is 53.1. The summed E-state index contributed by atoms with van der Waals surface area (Å²) in [5, 5.41) is 11.6. The first-order valence-corrected chi connectivity index (χ1v) is 10.8. The summed E-state index contributed by atoms with van der Waals surface area (Å²) in [6, 6.07) is 12.9. The van der Waals surface area contributed by atoms with Crippen molar-refractivity contribution in [3.05, 3.63) is 80.4 Å². The van der Waals surface area contributed by atoms with E-state index in [2.05, 4.69) is 0 Å². The van der Waals surface area contributed by atoms with Gasteiger partial charge in [0.1, 0.15) is 0 Å². The summed E-state index contributed by atoms with van der Waals surface area (Å²) < 4.78 is 5.24. The van der Waals surface area contributed by atoms with Crippen molar-refractivity contribution in [2.75, 3.05) is 18.6 Å². The molecule has 0 bridgehead atoms. The van der Waals surface area contributed by atoms with E-state index < -0.39 is 33.9 Å². The molecule has 0 saturated carbocycles. The van der Waals surface area contributed by atoms with Gasteiger partial charge in [0.05, 0.1) is 17.4 Å². The van der Waals surface area contributed by atoms with Crippen LogP contribution in [0.4, 0.5) is 11.4 Å². The van der Waals surface area contributed by atoms with Crippen molar-refractivity contribution < 1.29 is 24.0 Å². The van der Waals surface area contributed by atoms with Gasteiger partial charge in [0.25, 0.3) is 5.69 Å². The number of hydrogen-bond donors (Lipinski definition) is 0. The standard InChI is InChI=1S/C24H21ClN2O6/c1-3-33-22(29)17-13-18(25)15(12-14-8-4-6-10-19(14)27(31)32)21(28)24(17)16-9-5-7-11-20(16)26(2)23(24)30/h4-11,17H,3,12-13H2,1-2H3. The predicted molar refractivity (Wildman–Crippen MR) is 121 cm³/mol. The predicted octanol–water partition coefficient (Wildman–Crippen LogP) is 3.70. The molecule has 2 aromatic rings. The summed E-state index contributed by atoms with van der Waals surface area (Å²) in [7, 11) is 1.55. The number of esters is 1. The Morgan fingerprint density at radius 3 is 2.58 bits per heavy atom. The average Bonchev–Trinajstić information content (AvgIpc) is 3.02. The number of rotatable bonds is 5. The van der Waals surface area contributed by atoms with Gasteiger partial charge in [0, 0.05) is 47.0 Å². The molecule has 0 N–H and O–H groups in total. The number of nitro benzene ring substituents is 1. The summed E-state index contributed by atoms with van der Waals surface area (Å²) >= 11 is 6.53. The molecule has 0 radical (unpaired) electrons. The Labute approximate surface area is 194 Å². The van der Waals surface area contributed by atoms with Crippen LogP contribution in [0, 0.1) is 16.0 Å². The van der Waals surface area contributed by atoms with Gasteiger partial charge in [-0.25, -0.2) is 0 Å². The minimum Gasteiger partial charge on any atom is -0.466 e. The number of ketones is 1. The average molecular weight is 469 g/mol. The van der Waals surface area contributed by atoms with Crippen molar-refractivity contribution in [1.82, 2.24) is 0 Å². The number of nitro groups is 1. The molecule has 1 spiro atoms. The number of nitrogens with zero attached hydrogens (tertiary/aromatic N) is 2. The molecule has 0 aromatic heterocycles. The van der Waals surface area contributed by atoms with Crippen LogP contribution >= 0.6 is 11.6 Å². The van der Waals surface area contributed by atoms with Crippen LogP contribution in [0.5, 0.6) is 0 Å². The molecular formula is C24H21ClN2O6. The van der Waals surface area contributed by atoms with Crippen LogP contribution in [-0.4, -0.2) is 36.2 Å². The number of carbonyl (C=O) groups is 3. The Balaban J connectivity index is 1.91. The van der Waals surface area contributed by atoms with E-state index in [9.17, 15) is 24.5 Å². The number of amides is 1. The molecule has 170 valence electrons. The zero-order valence-corrected chi connectivity index (χ0v) is 18.8. The fourth-order valence-corrected chi connectivity index (χ4v) is 5.13. The SMILES string of the molecule is CCOC(=O)C1CC(Cl)=C(Cc2ccccc2[N+](=O)[O-])C(=O)C12C(=O)N(C)c1ccccc12. The number of para-hydroxylation sites is 2. The van der Waals surface area contributed by atoms with E-state index in [0.29, 0.717) is 16.8 Å². The van der Waals surface area contributed by atoms with Crippen LogP contribution in [0.15, 0.2) is 59.1 Å². The number of fused-ring (bicyclic) bond motifs is 2. The summed E-state index contributed by atoms with van der Waals surface area (Å²) in [6.07, 6.45) is -0.221. The molecule has 1 heterocycles. The van der Waals surface area contributed by atoms with Gasteiger partial charge in [-0.05, 0) is 19.4 Å². The molecule has 33 heavy (non-hydrogen) atoms. The number of anilines is 1. The fraction of sp³-hybridized carbons (Fsp3) is 0.292. The Kier molecular flexibility index (Phi) is 5.80. The molecule has 8 nitrogen and oxygen atoms in total.